The van der Waals surface area contributed by atoms with Gasteiger partial charge < -0.3 is 10.2 Å². The maximum atomic E-state index is 3.48. The highest BCUT2D eigenvalue weighted by Crippen LogP contribution is 2.18. The zero-order valence-electron chi connectivity index (χ0n) is 9.50. The topological polar surface area (TPSA) is 18.5 Å². The van der Waals surface area contributed by atoms with Crippen molar-refractivity contribution in [2.45, 2.75) is 19.4 Å². The first-order valence-electron chi connectivity index (χ1n) is 5.90. The van der Waals surface area contributed by atoms with Crippen molar-refractivity contribution in [2.75, 3.05) is 46.3 Å². The van der Waals surface area contributed by atoms with E-state index in [1.54, 1.807) is 0 Å². The second-order valence-electron chi connectivity index (χ2n) is 4.88. The first-order valence-corrected chi connectivity index (χ1v) is 5.90. The van der Waals surface area contributed by atoms with Crippen LogP contribution in [-0.2, 0) is 0 Å². The lowest BCUT2D eigenvalue weighted by molar-refractivity contribution is 0.0689. The van der Waals surface area contributed by atoms with Crippen molar-refractivity contribution >= 4 is 0 Å². The van der Waals surface area contributed by atoms with Gasteiger partial charge >= 0.3 is 0 Å². The van der Waals surface area contributed by atoms with Gasteiger partial charge in [-0.05, 0) is 32.5 Å². The van der Waals surface area contributed by atoms with E-state index in [-0.39, 0.29) is 0 Å². The van der Waals surface area contributed by atoms with Crippen LogP contribution in [0.3, 0.4) is 0 Å². The van der Waals surface area contributed by atoms with Crippen LogP contribution in [0.1, 0.15) is 13.3 Å². The Hall–Kier alpha value is -0.120. The number of rotatable bonds is 1. The number of likely N-dealkylation sites (N-methyl/N-ethyl adjacent to an activating group) is 1. The Morgan fingerprint density at radius 3 is 2.50 bits per heavy atom. The third kappa shape index (κ3) is 2.27. The fraction of sp³-hybridized carbons (Fsp3) is 1.00. The van der Waals surface area contributed by atoms with E-state index in [2.05, 4.69) is 29.1 Å². The molecule has 3 nitrogen and oxygen atoms in total. The molecule has 0 radical (unpaired) electrons. The van der Waals surface area contributed by atoms with E-state index in [4.69, 9.17) is 0 Å². The normalized spacial score (nSPS) is 37.3. The molecule has 1 N–H and O–H groups in total. The minimum absolute atomic E-state index is 0.826. The average Bonchev–Trinajstić information content (AvgIpc) is 2.20. The Balaban J connectivity index is 1.87. The van der Waals surface area contributed by atoms with Gasteiger partial charge in [0.05, 0.1) is 0 Å². The fourth-order valence-electron chi connectivity index (χ4n) is 2.70. The summed E-state index contributed by atoms with van der Waals surface area (Å²) in [6, 6.07) is 0.838. The molecule has 0 spiro atoms. The highest BCUT2D eigenvalue weighted by atomic mass is 15.3. The smallest absolute Gasteiger partial charge is 0.0146 e. The molecule has 0 aromatic rings. The van der Waals surface area contributed by atoms with Gasteiger partial charge in [-0.3, -0.25) is 4.90 Å². The van der Waals surface area contributed by atoms with Crippen LogP contribution >= 0.6 is 0 Å². The molecule has 0 bridgehead atoms. The van der Waals surface area contributed by atoms with Gasteiger partial charge in [-0.25, -0.2) is 0 Å². The lowest BCUT2D eigenvalue weighted by Crippen LogP contribution is -2.54. The van der Waals surface area contributed by atoms with Crippen LogP contribution < -0.4 is 5.32 Å². The molecule has 2 aliphatic heterocycles. The molecule has 2 rings (SSSR count). The summed E-state index contributed by atoms with van der Waals surface area (Å²) >= 11 is 0. The quantitative estimate of drug-likeness (QED) is 0.649. The molecule has 0 aromatic heterocycles. The van der Waals surface area contributed by atoms with Gasteiger partial charge in [0, 0.05) is 32.2 Å². The largest absolute Gasteiger partial charge is 0.316 e. The van der Waals surface area contributed by atoms with Crippen molar-refractivity contribution < 1.29 is 0 Å². The molecule has 14 heavy (non-hydrogen) atoms. The summed E-state index contributed by atoms with van der Waals surface area (Å²) in [7, 11) is 2.23. The van der Waals surface area contributed by atoms with Crippen molar-refractivity contribution in [3.05, 3.63) is 0 Å². The monoisotopic (exact) mass is 197 g/mol. The highest BCUT2D eigenvalue weighted by Gasteiger charge is 2.28. The van der Waals surface area contributed by atoms with E-state index in [0.717, 1.165) is 12.0 Å². The summed E-state index contributed by atoms with van der Waals surface area (Å²) in [4.78, 5) is 5.13. The number of piperazine rings is 1. The first-order chi connectivity index (χ1) is 6.77. The molecule has 2 fully saturated rings. The molecule has 82 valence electrons. The first kappa shape index (κ1) is 10.4. The Labute approximate surface area is 87.4 Å². The molecular formula is C11H23N3. The minimum atomic E-state index is 0.826. The molecule has 0 unspecified atom stereocenters. The molecule has 3 heteroatoms. The Morgan fingerprint density at radius 1 is 1.14 bits per heavy atom. The average molecular weight is 197 g/mol. The zero-order valence-corrected chi connectivity index (χ0v) is 9.50. The van der Waals surface area contributed by atoms with Gasteiger partial charge in [0.25, 0.3) is 0 Å². The lowest BCUT2D eigenvalue weighted by Gasteiger charge is -2.42. The number of piperidine rings is 1. The van der Waals surface area contributed by atoms with E-state index in [1.165, 1.54) is 45.7 Å². The van der Waals surface area contributed by atoms with Crippen LogP contribution in [0.4, 0.5) is 0 Å². The summed E-state index contributed by atoms with van der Waals surface area (Å²) < 4.78 is 0. The second-order valence-corrected chi connectivity index (χ2v) is 4.88. The number of hydrogen-bond acceptors (Lipinski definition) is 3. The van der Waals surface area contributed by atoms with Crippen LogP contribution in [0, 0.1) is 5.92 Å². The molecule has 2 heterocycles. The Morgan fingerprint density at radius 2 is 1.86 bits per heavy atom. The van der Waals surface area contributed by atoms with Gasteiger partial charge in [-0.15, -0.1) is 0 Å². The van der Waals surface area contributed by atoms with Gasteiger partial charge in [-0.2, -0.15) is 0 Å². The summed E-state index contributed by atoms with van der Waals surface area (Å²) in [5.74, 6) is 0.826. The van der Waals surface area contributed by atoms with Crippen LogP contribution in [0.25, 0.3) is 0 Å². The van der Waals surface area contributed by atoms with Crippen LogP contribution in [0.5, 0.6) is 0 Å². The molecule has 0 aromatic carbocycles. The van der Waals surface area contributed by atoms with Crippen molar-refractivity contribution in [1.82, 2.24) is 15.1 Å². The van der Waals surface area contributed by atoms with E-state index in [9.17, 15) is 0 Å². The number of nitrogens with one attached hydrogen (secondary N) is 1. The van der Waals surface area contributed by atoms with Crippen LogP contribution in [0.15, 0.2) is 0 Å². The van der Waals surface area contributed by atoms with Crippen molar-refractivity contribution in [3.8, 4) is 0 Å². The molecule has 2 saturated heterocycles. The molecule has 2 atom stereocenters. The predicted molar refractivity (Wildman–Crippen MR) is 59.5 cm³/mol. The van der Waals surface area contributed by atoms with Crippen molar-refractivity contribution in [3.63, 3.8) is 0 Å². The van der Waals surface area contributed by atoms with Gasteiger partial charge in [0.15, 0.2) is 0 Å². The Kier molecular flexibility index (Phi) is 3.42. The maximum absolute atomic E-state index is 3.48. The van der Waals surface area contributed by atoms with Gasteiger partial charge in [0.2, 0.25) is 0 Å². The molecule has 0 aliphatic carbocycles. The summed E-state index contributed by atoms with van der Waals surface area (Å²) in [6.07, 6.45) is 1.34. The molecular weight excluding hydrogens is 174 g/mol. The second kappa shape index (κ2) is 4.60. The SMILES string of the molecule is C[C@H]1CNCC[C@@H]1N1CCN(C)CC1. The molecule has 0 amide bonds. The summed E-state index contributed by atoms with van der Waals surface area (Å²) in [6.45, 7) is 9.83. The van der Waals surface area contributed by atoms with E-state index < -0.39 is 0 Å². The molecule has 2 aliphatic rings. The number of hydrogen-bond donors (Lipinski definition) is 1. The summed E-state index contributed by atoms with van der Waals surface area (Å²) in [5.41, 5.74) is 0. The minimum Gasteiger partial charge on any atom is -0.316 e. The number of nitrogens with zero attached hydrogens (tertiary/aromatic N) is 2. The third-order valence-electron chi connectivity index (χ3n) is 3.75. The zero-order chi connectivity index (χ0) is 9.97. The highest BCUT2D eigenvalue weighted by molar-refractivity contribution is 4.85. The van der Waals surface area contributed by atoms with Gasteiger partial charge in [-0.1, -0.05) is 6.92 Å². The molecule has 0 saturated carbocycles. The van der Waals surface area contributed by atoms with Gasteiger partial charge in [0.1, 0.15) is 0 Å². The van der Waals surface area contributed by atoms with Crippen molar-refractivity contribution in [1.29, 1.82) is 0 Å². The van der Waals surface area contributed by atoms with E-state index in [0.29, 0.717) is 0 Å². The van der Waals surface area contributed by atoms with Crippen molar-refractivity contribution in [2.24, 2.45) is 5.92 Å². The van der Waals surface area contributed by atoms with E-state index >= 15 is 0 Å². The standard InChI is InChI=1S/C11H23N3/c1-10-9-12-4-3-11(10)14-7-5-13(2)6-8-14/h10-12H,3-9H2,1-2H3/t10-,11-/m0/s1. The maximum Gasteiger partial charge on any atom is 0.0146 e. The summed E-state index contributed by atoms with van der Waals surface area (Å²) in [5, 5.41) is 3.48. The van der Waals surface area contributed by atoms with E-state index in [1.807, 2.05) is 0 Å². The third-order valence-corrected chi connectivity index (χ3v) is 3.75. The van der Waals surface area contributed by atoms with Crippen LogP contribution in [-0.4, -0.2) is 62.2 Å². The fourth-order valence-corrected chi connectivity index (χ4v) is 2.70. The van der Waals surface area contributed by atoms with Crippen LogP contribution in [0.2, 0.25) is 0 Å². The predicted octanol–water partition coefficient (Wildman–Crippen LogP) is 0.232. The lowest BCUT2D eigenvalue weighted by atomic mass is 9.93. The Bertz CT molecular complexity index is 175.